The van der Waals surface area contributed by atoms with Gasteiger partial charge in [-0.05, 0) is 42.8 Å². The average molecular weight is 394 g/mol. The molecule has 0 aliphatic carbocycles. The molecule has 2 aromatic rings. The van der Waals surface area contributed by atoms with E-state index in [1.54, 1.807) is 19.2 Å². The van der Waals surface area contributed by atoms with Gasteiger partial charge in [-0.3, -0.25) is 0 Å². The van der Waals surface area contributed by atoms with Gasteiger partial charge in [0.05, 0.1) is 12.1 Å². The highest BCUT2D eigenvalue weighted by Gasteiger charge is 2.11. The molecule has 0 heterocycles. The van der Waals surface area contributed by atoms with Crippen molar-refractivity contribution in [2.24, 2.45) is 0 Å². The Hall–Kier alpha value is -1.78. The highest BCUT2D eigenvalue weighted by Crippen LogP contribution is 2.30. The molecule has 0 aliphatic heterocycles. The maximum atomic E-state index is 13.9. The van der Waals surface area contributed by atoms with Gasteiger partial charge in [-0.15, -0.1) is 0 Å². The molecule has 0 unspecified atom stereocenters. The van der Waals surface area contributed by atoms with Crippen LogP contribution < -0.4 is 14.8 Å². The fraction of sp³-hybridized carbons (Fsp3) is 0.455. The van der Waals surface area contributed by atoms with Crippen LogP contribution in [-0.4, -0.2) is 13.7 Å². The quantitative estimate of drug-likeness (QED) is 0.440. The van der Waals surface area contributed by atoms with E-state index >= 15 is 0 Å². The topological polar surface area (TPSA) is 30.5 Å². The molecule has 2 aromatic carbocycles. The first kappa shape index (κ1) is 21.5. The number of unbranched alkanes of at least 4 members (excludes halogenated alkanes) is 4. The first-order valence-corrected chi connectivity index (χ1v) is 9.96. The molecule has 0 aliphatic rings. The van der Waals surface area contributed by atoms with Crippen LogP contribution in [0.2, 0.25) is 5.02 Å². The van der Waals surface area contributed by atoms with Crippen LogP contribution in [0.15, 0.2) is 36.4 Å². The normalized spacial score (nSPS) is 10.8. The monoisotopic (exact) mass is 393 g/mol. The van der Waals surface area contributed by atoms with Gasteiger partial charge in [0.2, 0.25) is 0 Å². The lowest BCUT2D eigenvalue weighted by atomic mass is 10.1. The number of methoxy groups -OCH3 is 1. The molecule has 5 heteroatoms. The number of rotatable bonds is 12. The molecule has 148 valence electrons. The van der Waals surface area contributed by atoms with Crippen LogP contribution in [0.25, 0.3) is 0 Å². The van der Waals surface area contributed by atoms with Crippen LogP contribution in [0, 0.1) is 5.82 Å². The molecular weight excluding hydrogens is 365 g/mol. The molecule has 1 N–H and O–H groups in total. The lowest BCUT2D eigenvalue weighted by Gasteiger charge is -2.13. The Morgan fingerprint density at radius 1 is 1.04 bits per heavy atom. The number of hydrogen-bond donors (Lipinski definition) is 1. The van der Waals surface area contributed by atoms with E-state index in [1.165, 1.54) is 38.2 Å². The van der Waals surface area contributed by atoms with Crippen molar-refractivity contribution in [3.63, 3.8) is 0 Å². The zero-order chi connectivity index (χ0) is 19.5. The number of hydrogen-bond acceptors (Lipinski definition) is 3. The van der Waals surface area contributed by atoms with Crippen LogP contribution in [0.3, 0.4) is 0 Å². The van der Waals surface area contributed by atoms with Gasteiger partial charge in [-0.2, -0.15) is 0 Å². The van der Waals surface area contributed by atoms with Gasteiger partial charge >= 0.3 is 0 Å². The Balaban J connectivity index is 1.86. The smallest absolute Gasteiger partial charge is 0.161 e. The van der Waals surface area contributed by atoms with Gasteiger partial charge in [-0.1, -0.05) is 56.3 Å². The summed E-state index contributed by atoms with van der Waals surface area (Å²) in [6, 6.07) is 10.4. The Morgan fingerprint density at radius 3 is 2.59 bits per heavy atom. The molecule has 0 saturated carbocycles. The van der Waals surface area contributed by atoms with Gasteiger partial charge in [0, 0.05) is 12.1 Å². The zero-order valence-electron chi connectivity index (χ0n) is 16.2. The van der Waals surface area contributed by atoms with E-state index in [1.807, 2.05) is 18.2 Å². The van der Waals surface area contributed by atoms with E-state index in [0.717, 1.165) is 18.7 Å². The number of nitrogens with one attached hydrogen (secondary N) is 1. The second-order valence-electron chi connectivity index (χ2n) is 6.57. The van der Waals surface area contributed by atoms with Crippen LogP contribution in [0.5, 0.6) is 11.5 Å². The number of ether oxygens (including phenoxy) is 2. The van der Waals surface area contributed by atoms with Crippen molar-refractivity contribution in [1.29, 1.82) is 0 Å². The number of halogens is 2. The lowest BCUT2D eigenvalue weighted by molar-refractivity contribution is 0.279. The van der Waals surface area contributed by atoms with E-state index in [9.17, 15) is 4.39 Å². The minimum Gasteiger partial charge on any atom is -0.493 e. The Bertz CT molecular complexity index is 688. The fourth-order valence-electron chi connectivity index (χ4n) is 2.85. The Labute approximate surface area is 166 Å². The summed E-state index contributed by atoms with van der Waals surface area (Å²) < 4.78 is 25.0. The van der Waals surface area contributed by atoms with Crippen molar-refractivity contribution in [1.82, 2.24) is 5.32 Å². The highest BCUT2D eigenvalue weighted by molar-refractivity contribution is 6.31. The molecule has 27 heavy (non-hydrogen) atoms. The Kier molecular flexibility index (Phi) is 9.43. The van der Waals surface area contributed by atoms with Gasteiger partial charge in [0.25, 0.3) is 0 Å². The summed E-state index contributed by atoms with van der Waals surface area (Å²) in [5, 5.41) is 3.81. The molecular formula is C22H29ClFNO2. The van der Waals surface area contributed by atoms with Crippen molar-refractivity contribution in [3.8, 4) is 11.5 Å². The average Bonchev–Trinajstić information content (AvgIpc) is 2.67. The molecule has 0 spiro atoms. The molecule has 0 aromatic heterocycles. The van der Waals surface area contributed by atoms with Gasteiger partial charge in [-0.25, -0.2) is 4.39 Å². The standard InChI is InChI=1S/C22H29ClFNO2/c1-3-4-5-6-7-13-25-15-17-11-12-21(22(14-17)26-2)27-16-18-19(23)9-8-10-20(18)24/h8-12,14,25H,3-7,13,15-16H2,1-2H3. The van der Waals surface area contributed by atoms with Crippen LogP contribution in [-0.2, 0) is 13.2 Å². The second kappa shape index (κ2) is 11.8. The predicted octanol–water partition coefficient (Wildman–Crippen LogP) is 6.13. The van der Waals surface area contributed by atoms with Crippen LogP contribution >= 0.6 is 11.6 Å². The van der Waals surface area contributed by atoms with Crippen molar-refractivity contribution in [3.05, 3.63) is 58.4 Å². The fourth-order valence-corrected chi connectivity index (χ4v) is 3.07. The maximum Gasteiger partial charge on any atom is 0.161 e. The molecule has 0 fully saturated rings. The van der Waals surface area contributed by atoms with E-state index in [2.05, 4.69) is 12.2 Å². The van der Waals surface area contributed by atoms with E-state index < -0.39 is 0 Å². The largest absolute Gasteiger partial charge is 0.493 e. The zero-order valence-corrected chi connectivity index (χ0v) is 16.9. The highest BCUT2D eigenvalue weighted by atomic mass is 35.5. The van der Waals surface area contributed by atoms with E-state index in [-0.39, 0.29) is 12.4 Å². The summed E-state index contributed by atoms with van der Waals surface area (Å²) in [5.74, 6) is 0.825. The third-order valence-corrected chi connectivity index (χ3v) is 4.80. The molecule has 0 amide bonds. The summed E-state index contributed by atoms with van der Waals surface area (Å²) in [4.78, 5) is 0. The lowest BCUT2D eigenvalue weighted by Crippen LogP contribution is -2.14. The maximum absolute atomic E-state index is 13.9. The molecule has 3 nitrogen and oxygen atoms in total. The van der Waals surface area contributed by atoms with Crippen molar-refractivity contribution in [2.45, 2.75) is 52.2 Å². The van der Waals surface area contributed by atoms with Crippen LogP contribution in [0.4, 0.5) is 4.39 Å². The van der Waals surface area contributed by atoms with E-state index in [0.29, 0.717) is 22.1 Å². The molecule has 0 radical (unpaired) electrons. The summed E-state index contributed by atoms with van der Waals surface area (Å²) in [5.41, 5.74) is 1.46. The van der Waals surface area contributed by atoms with Crippen molar-refractivity contribution < 1.29 is 13.9 Å². The Morgan fingerprint density at radius 2 is 1.85 bits per heavy atom. The summed E-state index contributed by atoms with van der Waals surface area (Å²) >= 11 is 6.05. The van der Waals surface area contributed by atoms with Gasteiger partial charge < -0.3 is 14.8 Å². The SMILES string of the molecule is CCCCCCCNCc1ccc(OCc2c(F)cccc2Cl)c(OC)c1. The summed E-state index contributed by atoms with van der Waals surface area (Å²) in [7, 11) is 1.60. The predicted molar refractivity (Wildman–Crippen MR) is 109 cm³/mol. The molecule has 0 bridgehead atoms. The van der Waals surface area contributed by atoms with Crippen molar-refractivity contribution >= 4 is 11.6 Å². The second-order valence-corrected chi connectivity index (χ2v) is 6.97. The minimum atomic E-state index is -0.374. The van der Waals surface area contributed by atoms with E-state index in [4.69, 9.17) is 21.1 Å². The number of benzene rings is 2. The third-order valence-electron chi connectivity index (χ3n) is 4.45. The molecule has 0 saturated heterocycles. The van der Waals surface area contributed by atoms with Gasteiger partial charge in [0.1, 0.15) is 12.4 Å². The third kappa shape index (κ3) is 7.04. The van der Waals surface area contributed by atoms with Crippen LogP contribution in [0.1, 0.15) is 50.2 Å². The molecule has 0 atom stereocenters. The first-order chi connectivity index (χ1) is 13.2. The molecule has 2 rings (SSSR count). The minimum absolute atomic E-state index is 0.0528. The summed E-state index contributed by atoms with van der Waals surface area (Å²) in [6.45, 7) is 4.07. The first-order valence-electron chi connectivity index (χ1n) is 9.59. The van der Waals surface area contributed by atoms with Gasteiger partial charge in [0.15, 0.2) is 11.5 Å². The summed E-state index contributed by atoms with van der Waals surface area (Å²) in [6.07, 6.45) is 6.36. The van der Waals surface area contributed by atoms with Crippen molar-refractivity contribution in [2.75, 3.05) is 13.7 Å².